The highest BCUT2D eigenvalue weighted by molar-refractivity contribution is 5.81. The van der Waals surface area contributed by atoms with Crippen molar-refractivity contribution in [3.8, 4) is 0 Å². The predicted octanol–water partition coefficient (Wildman–Crippen LogP) is -1.50. The minimum Gasteiger partial charge on any atom is -0.457 e. The van der Waals surface area contributed by atoms with E-state index in [1.54, 1.807) is 0 Å². The molecule has 5 N–H and O–H groups in total. The molecule has 0 aromatic carbocycles. The van der Waals surface area contributed by atoms with E-state index in [-0.39, 0.29) is 0 Å². The molecule has 22 heavy (non-hydrogen) atoms. The third kappa shape index (κ3) is 3.64. The number of ether oxygens (including phenoxy) is 1. The van der Waals surface area contributed by atoms with Crippen LogP contribution in [0, 0.1) is 0 Å². The van der Waals surface area contributed by atoms with Crippen LogP contribution in [-0.2, 0) is 14.3 Å². The summed E-state index contributed by atoms with van der Waals surface area (Å²) >= 11 is 0. The van der Waals surface area contributed by atoms with E-state index in [1.807, 2.05) is 0 Å². The van der Waals surface area contributed by atoms with Gasteiger partial charge in [0.1, 0.15) is 22.9 Å². The number of aliphatic hydroxyl groups is 5. The smallest absolute Gasteiger partial charge is 0.303 e. The number of aliphatic hydroxyl groups excluding tert-OH is 2. The predicted molar refractivity (Wildman–Crippen MR) is 75.8 cm³/mol. The average molecular weight is 322 g/mol. The fraction of sp³-hybridized carbons (Fsp3) is 0.857. The second-order valence-electron chi connectivity index (χ2n) is 6.15. The number of hydrogen-bond donors (Lipinski definition) is 5. The lowest BCUT2D eigenvalue weighted by Crippen LogP contribution is -2.73. The maximum atomic E-state index is 11.3. The fourth-order valence-electron chi connectivity index (χ4n) is 2.31. The van der Waals surface area contributed by atoms with Crippen molar-refractivity contribution in [2.24, 2.45) is 0 Å². The molecule has 8 heteroatoms. The van der Waals surface area contributed by atoms with Crippen LogP contribution in [0.15, 0.2) is 0 Å². The number of ketones is 1. The Labute approximate surface area is 129 Å². The van der Waals surface area contributed by atoms with E-state index in [4.69, 9.17) is 4.74 Å². The quantitative estimate of drug-likeness (QED) is 0.356. The van der Waals surface area contributed by atoms with Gasteiger partial charge in [-0.15, -0.1) is 0 Å². The maximum Gasteiger partial charge on any atom is 0.303 e. The van der Waals surface area contributed by atoms with Crippen LogP contribution in [0.1, 0.15) is 41.5 Å². The number of Topliss-reactive ketones (excluding diaryl/α,β-unsaturated/α-hetero) is 1. The van der Waals surface area contributed by atoms with Crippen LogP contribution in [0.5, 0.6) is 0 Å². The van der Waals surface area contributed by atoms with Crippen molar-refractivity contribution in [1.29, 1.82) is 0 Å². The second kappa shape index (κ2) is 6.59. The Bertz CT molecular complexity index is 425. The van der Waals surface area contributed by atoms with Gasteiger partial charge in [0.25, 0.3) is 0 Å². The van der Waals surface area contributed by atoms with Gasteiger partial charge in [-0.3, -0.25) is 9.59 Å². The molecular weight excluding hydrogens is 296 g/mol. The van der Waals surface area contributed by atoms with Crippen LogP contribution in [0.2, 0.25) is 0 Å². The lowest BCUT2D eigenvalue weighted by Gasteiger charge is -2.51. The first-order chi connectivity index (χ1) is 9.60. The largest absolute Gasteiger partial charge is 0.457 e. The average Bonchev–Trinajstić information content (AvgIpc) is 2.33. The summed E-state index contributed by atoms with van der Waals surface area (Å²) in [5.41, 5.74) is -7.37. The van der Waals surface area contributed by atoms with E-state index < -0.39 is 46.9 Å². The van der Waals surface area contributed by atoms with Gasteiger partial charge in [-0.25, -0.2) is 0 Å². The Morgan fingerprint density at radius 3 is 1.64 bits per heavy atom. The zero-order chi connectivity index (χ0) is 18.1. The minimum absolute atomic E-state index is 0.825. The van der Waals surface area contributed by atoms with E-state index in [0.29, 0.717) is 0 Å². The van der Waals surface area contributed by atoms with Crippen LogP contribution < -0.4 is 0 Å². The Balaban J connectivity index is 5.90. The molecule has 2 unspecified atom stereocenters. The Hall–Kier alpha value is -1.06. The summed E-state index contributed by atoms with van der Waals surface area (Å²) in [6.45, 7) is 6.21. The molecule has 0 heterocycles. The third-order valence-corrected chi connectivity index (χ3v) is 4.17. The number of carbonyl (C=O) groups excluding carboxylic acids is 2. The normalized spacial score (nSPS) is 24.1. The van der Waals surface area contributed by atoms with Gasteiger partial charge in [-0.2, -0.15) is 0 Å². The molecule has 8 nitrogen and oxygen atoms in total. The van der Waals surface area contributed by atoms with Crippen LogP contribution in [0.3, 0.4) is 0 Å². The van der Waals surface area contributed by atoms with Crippen molar-refractivity contribution in [1.82, 2.24) is 0 Å². The summed E-state index contributed by atoms with van der Waals surface area (Å²) in [6.07, 6.45) is -5.00. The lowest BCUT2D eigenvalue weighted by molar-refractivity contribution is -0.283. The van der Waals surface area contributed by atoms with Crippen LogP contribution >= 0.6 is 0 Å². The summed E-state index contributed by atoms with van der Waals surface area (Å²) in [5.74, 6) is -1.66. The molecule has 0 bridgehead atoms. The van der Waals surface area contributed by atoms with Crippen molar-refractivity contribution >= 4 is 11.8 Å². The molecule has 0 aromatic rings. The topological polar surface area (TPSA) is 145 Å². The van der Waals surface area contributed by atoms with Crippen LogP contribution in [0.4, 0.5) is 0 Å². The lowest BCUT2D eigenvalue weighted by atomic mass is 9.67. The van der Waals surface area contributed by atoms with Gasteiger partial charge in [0.15, 0.2) is 11.9 Å². The molecule has 0 aromatic heterocycles. The molecule has 0 spiro atoms. The molecule has 0 rings (SSSR count). The second-order valence-corrected chi connectivity index (χ2v) is 6.15. The van der Waals surface area contributed by atoms with Gasteiger partial charge in [0, 0.05) is 6.92 Å². The highest BCUT2D eigenvalue weighted by atomic mass is 16.6. The number of esters is 1. The first-order valence-electron chi connectivity index (χ1n) is 6.81. The van der Waals surface area contributed by atoms with Crippen molar-refractivity contribution in [2.75, 3.05) is 0 Å². The Morgan fingerprint density at radius 1 is 0.955 bits per heavy atom. The Kier molecular flexibility index (Phi) is 6.27. The number of carbonyl (C=O) groups is 2. The van der Waals surface area contributed by atoms with Gasteiger partial charge in [0.2, 0.25) is 0 Å². The monoisotopic (exact) mass is 322 g/mol. The number of hydrogen-bond acceptors (Lipinski definition) is 8. The minimum atomic E-state index is -2.51. The van der Waals surface area contributed by atoms with Crippen molar-refractivity contribution in [3.05, 3.63) is 0 Å². The molecule has 0 saturated heterocycles. The summed E-state index contributed by atoms with van der Waals surface area (Å²) in [4.78, 5) is 22.4. The first-order valence-corrected chi connectivity index (χ1v) is 6.81. The zero-order valence-electron chi connectivity index (χ0n) is 13.7. The van der Waals surface area contributed by atoms with Gasteiger partial charge >= 0.3 is 5.97 Å². The van der Waals surface area contributed by atoms with Crippen molar-refractivity contribution in [3.63, 3.8) is 0 Å². The molecule has 0 aliphatic heterocycles. The summed E-state index contributed by atoms with van der Waals surface area (Å²) < 4.78 is 4.82. The zero-order valence-corrected chi connectivity index (χ0v) is 13.7. The molecule has 0 radical (unpaired) electrons. The highest BCUT2D eigenvalue weighted by Crippen LogP contribution is 2.39. The molecule has 6 atom stereocenters. The van der Waals surface area contributed by atoms with Crippen LogP contribution in [-0.4, -0.2) is 72.4 Å². The van der Waals surface area contributed by atoms with Crippen LogP contribution in [0.25, 0.3) is 0 Å². The van der Waals surface area contributed by atoms with Crippen molar-refractivity contribution in [2.45, 2.75) is 76.7 Å². The molecule has 0 fully saturated rings. The molecule has 0 aliphatic carbocycles. The van der Waals surface area contributed by atoms with E-state index >= 15 is 0 Å². The van der Waals surface area contributed by atoms with E-state index in [2.05, 4.69) is 0 Å². The van der Waals surface area contributed by atoms with E-state index in [9.17, 15) is 35.1 Å². The summed E-state index contributed by atoms with van der Waals surface area (Å²) in [6, 6.07) is 0. The fourth-order valence-corrected chi connectivity index (χ4v) is 2.31. The van der Waals surface area contributed by atoms with Gasteiger partial charge in [-0.05, 0) is 34.6 Å². The van der Waals surface area contributed by atoms with Crippen molar-refractivity contribution < 1.29 is 39.9 Å². The highest BCUT2D eigenvalue weighted by Gasteiger charge is 2.62. The van der Waals surface area contributed by atoms with Gasteiger partial charge in [0.05, 0.1) is 6.10 Å². The molecule has 0 amide bonds. The van der Waals surface area contributed by atoms with E-state index in [0.717, 1.165) is 34.6 Å². The van der Waals surface area contributed by atoms with Gasteiger partial charge in [-0.1, -0.05) is 0 Å². The first kappa shape index (κ1) is 20.9. The molecular formula is C14H26O8. The van der Waals surface area contributed by atoms with E-state index in [1.165, 1.54) is 6.92 Å². The maximum absolute atomic E-state index is 11.3. The third-order valence-electron chi connectivity index (χ3n) is 4.17. The molecule has 0 saturated carbocycles. The molecule has 130 valence electrons. The van der Waals surface area contributed by atoms with Gasteiger partial charge < -0.3 is 30.3 Å². The number of rotatable bonds is 7. The SMILES string of the molecule is CC(=O)O[C@H](C(C)O)[C@@](C)(O)[C@](C)(O)[C@@](C)(O)C(O)C(C)=O. The summed E-state index contributed by atoms with van der Waals surface area (Å²) in [7, 11) is 0. The standard InChI is InChI=1S/C14H26O8/c1-7(15)10(18)12(4,19)14(6,21)13(5,20)11(8(2)16)22-9(3)17/h8,10-11,16,18-21H,1-6H3/t8?,10?,11-,12+,13-,14-/m1/s1. The Morgan fingerprint density at radius 2 is 1.36 bits per heavy atom. The molecule has 0 aliphatic rings. The summed E-state index contributed by atoms with van der Waals surface area (Å²) in [5, 5.41) is 51.1.